The van der Waals surface area contributed by atoms with Crippen molar-refractivity contribution in [2.75, 3.05) is 0 Å². The summed E-state index contributed by atoms with van der Waals surface area (Å²) in [5, 5.41) is 19.2. The van der Waals surface area contributed by atoms with E-state index in [-0.39, 0.29) is 17.6 Å². The molecular weight excluding hydrogens is 188 g/mol. The van der Waals surface area contributed by atoms with Crippen LogP contribution in [0.25, 0.3) is 0 Å². The van der Waals surface area contributed by atoms with Crippen molar-refractivity contribution in [1.29, 1.82) is 0 Å². The maximum atomic E-state index is 9.69. The molecule has 2 aliphatic carbocycles. The van der Waals surface area contributed by atoms with Crippen LogP contribution in [0.1, 0.15) is 32.6 Å². The van der Waals surface area contributed by atoms with E-state index in [2.05, 4.69) is 18.2 Å². The van der Waals surface area contributed by atoms with Gasteiger partial charge in [0.1, 0.15) is 0 Å². The summed E-state index contributed by atoms with van der Waals surface area (Å²) in [4.78, 5) is 0. The molecule has 0 aromatic heterocycles. The Hall–Kier alpha value is -0.600. The highest BCUT2D eigenvalue weighted by Gasteiger charge is 2.45. The number of hydrogen-bond donors (Lipinski definition) is 2. The minimum Gasteiger partial charge on any atom is -0.393 e. The lowest BCUT2D eigenvalue weighted by atomic mass is 9.80. The third-order valence-electron chi connectivity index (χ3n) is 3.80. The topological polar surface area (TPSA) is 40.5 Å². The average molecular weight is 208 g/mol. The molecule has 15 heavy (non-hydrogen) atoms. The molecule has 0 radical (unpaired) electrons. The van der Waals surface area contributed by atoms with Crippen LogP contribution in [-0.2, 0) is 0 Å². The Kier molecular flexibility index (Phi) is 2.98. The smallest absolute Gasteiger partial charge is 0.0718 e. The Labute approximate surface area is 91.3 Å². The molecule has 0 aromatic carbocycles. The van der Waals surface area contributed by atoms with E-state index in [4.69, 9.17) is 0 Å². The van der Waals surface area contributed by atoms with Gasteiger partial charge in [0.15, 0.2) is 0 Å². The van der Waals surface area contributed by atoms with E-state index in [1.165, 1.54) is 0 Å². The monoisotopic (exact) mass is 208 g/mol. The van der Waals surface area contributed by atoms with Gasteiger partial charge in [0.25, 0.3) is 0 Å². The first-order valence-corrected chi connectivity index (χ1v) is 5.89. The van der Waals surface area contributed by atoms with Crippen LogP contribution in [0.5, 0.6) is 0 Å². The lowest BCUT2D eigenvalue weighted by molar-refractivity contribution is 0.173. The molecule has 0 aliphatic heterocycles. The van der Waals surface area contributed by atoms with Gasteiger partial charge in [-0.05, 0) is 31.6 Å². The second kappa shape index (κ2) is 4.11. The molecule has 0 heterocycles. The fourth-order valence-corrected chi connectivity index (χ4v) is 2.86. The number of hydrogen-bond acceptors (Lipinski definition) is 2. The van der Waals surface area contributed by atoms with Crippen LogP contribution in [0.15, 0.2) is 24.3 Å². The number of allylic oxidation sites excluding steroid dienone is 3. The highest BCUT2D eigenvalue weighted by atomic mass is 16.3. The minimum atomic E-state index is -0.341. The summed E-state index contributed by atoms with van der Waals surface area (Å²) in [7, 11) is 0. The second-order valence-electron chi connectivity index (χ2n) is 4.88. The predicted molar refractivity (Wildman–Crippen MR) is 60.4 cm³/mol. The van der Waals surface area contributed by atoms with Crippen molar-refractivity contribution < 1.29 is 10.2 Å². The van der Waals surface area contributed by atoms with Gasteiger partial charge in [-0.1, -0.05) is 31.2 Å². The molecule has 2 nitrogen and oxygen atoms in total. The van der Waals surface area contributed by atoms with Crippen molar-refractivity contribution in [3.05, 3.63) is 24.3 Å². The standard InChI is InChI=1S/C13H20O2/c1-2-11(14)5-7-13-6-3-4-10(13)8-12(15)9-13/h3,5-7,10-12,14-15H,2,4,8-9H2,1H3/b7-5+/t10?,11-,12?,13?/m1/s1. The molecule has 0 amide bonds. The van der Waals surface area contributed by atoms with Gasteiger partial charge in [0.05, 0.1) is 12.2 Å². The first kappa shape index (κ1) is 10.9. The maximum Gasteiger partial charge on any atom is 0.0718 e. The summed E-state index contributed by atoms with van der Waals surface area (Å²) in [5.41, 5.74) is 0.0373. The zero-order chi connectivity index (χ0) is 10.9. The molecule has 1 fully saturated rings. The van der Waals surface area contributed by atoms with E-state index in [0.717, 1.165) is 25.7 Å². The minimum absolute atomic E-state index is 0.0373. The summed E-state index contributed by atoms with van der Waals surface area (Å²) in [6.07, 6.45) is 11.5. The molecule has 0 saturated heterocycles. The van der Waals surface area contributed by atoms with Gasteiger partial charge < -0.3 is 10.2 Å². The molecule has 0 spiro atoms. The molecule has 1 saturated carbocycles. The number of aliphatic hydroxyl groups excluding tert-OH is 2. The summed E-state index contributed by atoms with van der Waals surface area (Å²) in [5.74, 6) is 0.549. The normalized spacial score (nSPS) is 41.3. The Morgan fingerprint density at radius 3 is 3.13 bits per heavy atom. The first-order valence-electron chi connectivity index (χ1n) is 5.89. The maximum absolute atomic E-state index is 9.69. The summed E-state index contributed by atoms with van der Waals surface area (Å²) in [6.45, 7) is 1.97. The van der Waals surface area contributed by atoms with Crippen LogP contribution in [0.3, 0.4) is 0 Å². The molecule has 84 valence electrons. The van der Waals surface area contributed by atoms with E-state index in [1.807, 2.05) is 13.0 Å². The van der Waals surface area contributed by atoms with Crippen LogP contribution < -0.4 is 0 Å². The molecule has 2 N–H and O–H groups in total. The fraction of sp³-hybridized carbons (Fsp3) is 0.692. The van der Waals surface area contributed by atoms with Crippen molar-refractivity contribution in [2.45, 2.75) is 44.8 Å². The van der Waals surface area contributed by atoms with Gasteiger partial charge in [-0.2, -0.15) is 0 Å². The quantitative estimate of drug-likeness (QED) is 0.697. The van der Waals surface area contributed by atoms with Gasteiger partial charge in [-0.15, -0.1) is 0 Å². The third-order valence-corrected chi connectivity index (χ3v) is 3.80. The zero-order valence-electron chi connectivity index (χ0n) is 9.26. The molecule has 2 heteroatoms. The van der Waals surface area contributed by atoms with E-state index < -0.39 is 0 Å². The lowest BCUT2D eigenvalue weighted by Crippen LogP contribution is -2.17. The van der Waals surface area contributed by atoms with Crippen LogP contribution in [-0.4, -0.2) is 22.4 Å². The van der Waals surface area contributed by atoms with E-state index in [0.29, 0.717) is 5.92 Å². The molecule has 3 unspecified atom stereocenters. The molecule has 0 aromatic rings. The largest absolute Gasteiger partial charge is 0.393 e. The highest BCUT2D eigenvalue weighted by molar-refractivity contribution is 5.24. The van der Waals surface area contributed by atoms with E-state index in [1.54, 1.807) is 0 Å². The van der Waals surface area contributed by atoms with Crippen molar-refractivity contribution >= 4 is 0 Å². The lowest BCUT2D eigenvalue weighted by Gasteiger charge is -2.24. The van der Waals surface area contributed by atoms with Gasteiger partial charge >= 0.3 is 0 Å². The molecule has 4 atom stereocenters. The number of rotatable bonds is 3. The van der Waals surface area contributed by atoms with E-state index in [9.17, 15) is 10.2 Å². The summed E-state index contributed by atoms with van der Waals surface area (Å²) < 4.78 is 0. The highest BCUT2D eigenvalue weighted by Crippen LogP contribution is 2.51. The predicted octanol–water partition coefficient (Wildman–Crippen LogP) is 2.03. The SMILES string of the molecule is CC[C@@H](O)/C=C/C12C=CCC1CC(O)C2. The first-order chi connectivity index (χ1) is 7.16. The molecule has 2 aliphatic rings. The second-order valence-corrected chi connectivity index (χ2v) is 4.88. The zero-order valence-corrected chi connectivity index (χ0v) is 9.26. The van der Waals surface area contributed by atoms with Gasteiger partial charge in [-0.3, -0.25) is 0 Å². The number of fused-ring (bicyclic) bond motifs is 1. The summed E-state index contributed by atoms with van der Waals surface area (Å²) in [6, 6.07) is 0. The Bertz CT molecular complexity index is 282. The summed E-state index contributed by atoms with van der Waals surface area (Å²) >= 11 is 0. The van der Waals surface area contributed by atoms with Crippen molar-refractivity contribution in [2.24, 2.45) is 11.3 Å². The van der Waals surface area contributed by atoms with Gasteiger partial charge in [-0.25, -0.2) is 0 Å². The third kappa shape index (κ3) is 2.01. The fourth-order valence-electron chi connectivity index (χ4n) is 2.86. The number of aliphatic hydroxyl groups is 2. The molecule has 2 rings (SSSR count). The van der Waals surface area contributed by atoms with Crippen LogP contribution in [0.4, 0.5) is 0 Å². The molecule has 0 bridgehead atoms. The Morgan fingerprint density at radius 2 is 2.40 bits per heavy atom. The van der Waals surface area contributed by atoms with Crippen molar-refractivity contribution in [1.82, 2.24) is 0 Å². The average Bonchev–Trinajstić information content (AvgIpc) is 2.70. The Balaban J connectivity index is 2.11. The molecular formula is C13H20O2. The van der Waals surface area contributed by atoms with Gasteiger partial charge in [0.2, 0.25) is 0 Å². The Morgan fingerprint density at radius 1 is 1.60 bits per heavy atom. The van der Waals surface area contributed by atoms with Crippen molar-refractivity contribution in [3.8, 4) is 0 Å². The van der Waals surface area contributed by atoms with Crippen LogP contribution in [0, 0.1) is 11.3 Å². The van der Waals surface area contributed by atoms with Crippen molar-refractivity contribution in [3.63, 3.8) is 0 Å². The van der Waals surface area contributed by atoms with Gasteiger partial charge in [0, 0.05) is 5.41 Å². The van der Waals surface area contributed by atoms with Crippen LogP contribution >= 0.6 is 0 Å². The van der Waals surface area contributed by atoms with Crippen LogP contribution in [0.2, 0.25) is 0 Å². The van der Waals surface area contributed by atoms with E-state index >= 15 is 0 Å².